The molecule has 1 atom stereocenters. The zero-order valence-corrected chi connectivity index (χ0v) is 10.8. The Hall–Kier alpha value is -0.350. The number of hydrogen-bond donors (Lipinski definition) is 0. The Balaban J connectivity index is 2.90. The molecule has 1 unspecified atom stereocenters. The Morgan fingerprint density at radius 3 is 2.86 bits per heavy atom. The van der Waals surface area contributed by atoms with Crippen molar-refractivity contribution in [2.24, 2.45) is 0 Å². The molecule has 0 aliphatic carbocycles. The smallest absolute Gasteiger partial charge is 0.177 e. The molecule has 0 saturated carbocycles. The molecule has 2 nitrogen and oxygen atoms in total. The second-order valence-electron chi connectivity index (χ2n) is 2.72. The first-order valence-corrected chi connectivity index (χ1v) is 6.11. The van der Waals surface area contributed by atoms with Gasteiger partial charge in [0.15, 0.2) is 5.78 Å². The van der Waals surface area contributed by atoms with Crippen LogP contribution in [0.25, 0.3) is 0 Å². The molecular weight excluding hydrogens is 312 g/mol. The summed E-state index contributed by atoms with van der Waals surface area (Å²) >= 11 is 6.54. The number of ketones is 1. The molecule has 0 aliphatic rings. The van der Waals surface area contributed by atoms with Crippen LogP contribution in [-0.4, -0.2) is 23.1 Å². The van der Waals surface area contributed by atoms with Gasteiger partial charge in [0.05, 0.1) is 11.9 Å². The van der Waals surface area contributed by atoms with Crippen LogP contribution in [0.2, 0.25) is 0 Å². The van der Waals surface area contributed by atoms with Crippen LogP contribution in [0, 0.1) is 0 Å². The van der Waals surface area contributed by atoms with Crippen molar-refractivity contribution in [1.82, 2.24) is 0 Å². The summed E-state index contributed by atoms with van der Waals surface area (Å²) in [5, 5.41) is 0.600. The standard InChI is InChI=1S/C10H10Br2O2/c1-14-8-4-2-3-7(5-8)10(13)9(12)6-11/h2-5,9H,6H2,1H3. The highest BCUT2D eigenvalue weighted by Crippen LogP contribution is 2.17. The van der Waals surface area contributed by atoms with Crippen LogP contribution in [0.1, 0.15) is 10.4 Å². The topological polar surface area (TPSA) is 26.3 Å². The molecule has 1 aromatic carbocycles. The van der Waals surface area contributed by atoms with Crippen molar-refractivity contribution in [3.05, 3.63) is 29.8 Å². The molecular formula is C10H10Br2O2. The molecule has 4 heteroatoms. The number of halogens is 2. The van der Waals surface area contributed by atoms with Gasteiger partial charge in [0, 0.05) is 10.9 Å². The van der Waals surface area contributed by atoms with E-state index in [1.54, 1.807) is 25.3 Å². The van der Waals surface area contributed by atoms with Crippen molar-refractivity contribution >= 4 is 37.6 Å². The Morgan fingerprint density at radius 2 is 2.29 bits per heavy atom. The highest BCUT2D eigenvalue weighted by atomic mass is 79.9. The Morgan fingerprint density at radius 1 is 1.57 bits per heavy atom. The normalized spacial score (nSPS) is 12.2. The van der Waals surface area contributed by atoms with Crippen molar-refractivity contribution in [3.8, 4) is 5.75 Å². The molecule has 0 aromatic heterocycles. The zero-order valence-electron chi connectivity index (χ0n) is 7.67. The lowest BCUT2D eigenvalue weighted by molar-refractivity contribution is 0.0997. The summed E-state index contributed by atoms with van der Waals surface area (Å²) < 4.78 is 5.04. The molecule has 0 heterocycles. The molecule has 1 aromatic rings. The second kappa shape index (κ2) is 5.51. The summed E-state index contributed by atoms with van der Waals surface area (Å²) in [7, 11) is 1.58. The molecule has 0 spiro atoms. The predicted octanol–water partition coefficient (Wildman–Crippen LogP) is 3.04. The van der Waals surface area contributed by atoms with Crippen molar-refractivity contribution in [2.75, 3.05) is 12.4 Å². The number of hydrogen-bond acceptors (Lipinski definition) is 2. The molecule has 0 amide bonds. The highest BCUT2D eigenvalue weighted by Gasteiger charge is 2.15. The van der Waals surface area contributed by atoms with Gasteiger partial charge in [-0.1, -0.05) is 44.0 Å². The maximum atomic E-state index is 11.7. The zero-order chi connectivity index (χ0) is 10.6. The van der Waals surface area contributed by atoms with Crippen molar-refractivity contribution in [2.45, 2.75) is 4.83 Å². The van der Waals surface area contributed by atoms with E-state index >= 15 is 0 Å². The lowest BCUT2D eigenvalue weighted by Gasteiger charge is -2.06. The van der Waals surface area contributed by atoms with E-state index in [-0.39, 0.29) is 10.6 Å². The molecule has 1 rings (SSSR count). The van der Waals surface area contributed by atoms with E-state index in [2.05, 4.69) is 31.9 Å². The predicted molar refractivity (Wildman–Crippen MR) is 63.8 cm³/mol. The molecule has 0 radical (unpaired) electrons. The van der Waals surface area contributed by atoms with Crippen LogP contribution in [-0.2, 0) is 0 Å². The summed E-state index contributed by atoms with van der Waals surface area (Å²) in [6.07, 6.45) is 0. The lowest BCUT2D eigenvalue weighted by atomic mass is 10.1. The first-order chi connectivity index (χ1) is 6.69. The van der Waals surface area contributed by atoms with Gasteiger partial charge in [-0.3, -0.25) is 4.79 Å². The van der Waals surface area contributed by atoms with E-state index in [0.717, 1.165) is 0 Å². The minimum atomic E-state index is -0.186. The second-order valence-corrected chi connectivity index (χ2v) is 4.47. The van der Waals surface area contributed by atoms with Crippen LogP contribution in [0.3, 0.4) is 0 Å². The summed E-state index contributed by atoms with van der Waals surface area (Å²) in [5.74, 6) is 0.755. The average molecular weight is 322 g/mol. The minimum Gasteiger partial charge on any atom is -0.497 e. The van der Waals surface area contributed by atoms with Crippen molar-refractivity contribution in [1.29, 1.82) is 0 Å². The lowest BCUT2D eigenvalue weighted by Crippen LogP contribution is -2.15. The Bertz CT molecular complexity index is 326. The average Bonchev–Trinajstić information content (AvgIpc) is 2.27. The fourth-order valence-electron chi connectivity index (χ4n) is 1.03. The fourth-order valence-corrected chi connectivity index (χ4v) is 1.59. The first kappa shape index (κ1) is 11.7. The van der Waals surface area contributed by atoms with Gasteiger partial charge in [-0.05, 0) is 12.1 Å². The van der Waals surface area contributed by atoms with E-state index in [0.29, 0.717) is 16.6 Å². The monoisotopic (exact) mass is 320 g/mol. The van der Waals surface area contributed by atoms with Gasteiger partial charge >= 0.3 is 0 Å². The van der Waals surface area contributed by atoms with Gasteiger partial charge in [-0.25, -0.2) is 0 Å². The van der Waals surface area contributed by atoms with E-state index in [4.69, 9.17) is 4.74 Å². The quantitative estimate of drug-likeness (QED) is 0.629. The number of ether oxygens (including phenoxy) is 1. The maximum absolute atomic E-state index is 11.7. The van der Waals surface area contributed by atoms with Gasteiger partial charge in [0.25, 0.3) is 0 Å². The van der Waals surface area contributed by atoms with Crippen LogP contribution in [0.5, 0.6) is 5.75 Å². The third kappa shape index (κ3) is 2.82. The number of benzene rings is 1. The highest BCUT2D eigenvalue weighted by molar-refractivity contribution is 9.12. The van der Waals surface area contributed by atoms with Gasteiger partial charge in [-0.2, -0.15) is 0 Å². The summed E-state index contributed by atoms with van der Waals surface area (Å²) in [4.78, 5) is 11.5. The van der Waals surface area contributed by atoms with Gasteiger partial charge < -0.3 is 4.74 Å². The number of carbonyl (C=O) groups excluding carboxylic acids is 1. The van der Waals surface area contributed by atoms with E-state index in [1.807, 2.05) is 6.07 Å². The van der Waals surface area contributed by atoms with E-state index < -0.39 is 0 Å². The van der Waals surface area contributed by atoms with Crippen LogP contribution >= 0.6 is 31.9 Å². The third-order valence-corrected chi connectivity index (χ3v) is 4.03. The number of carbonyl (C=O) groups is 1. The van der Waals surface area contributed by atoms with Crippen molar-refractivity contribution < 1.29 is 9.53 Å². The maximum Gasteiger partial charge on any atom is 0.177 e. The minimum absolute atomic E-state index is 0.0563. The van der Waals surface area contributed by atoms with Crippen LogP contribution in [0.4, 0.5) is 0 Å². The van der Waals surface area contributed by atoms with Gasteiger partial charge in [0.1, 0.15) is 5.75 Å². The number of alkyl halides is 2. The Kier molecular flexibility index (Phi) is 4.62. The molecule has 0 N–H and O–H groups in total. The summed E-state index contributed by atoms with van der Waals surface area (Å²) in [6.45, 7) is 0. The first-order valence-electron chi connectivity index (χ1n) is 4.07. The molecule has 0 bridgehead atoms. The number of methoxy groups -OCH3 is 1. The van der Waals surface area contributed by atoms with Gasteiger partial charge in [0.2, 0.25) is 0 Å². The van der Waals surface area contributed by atoms with Crippen LogP contribution in [0.15, 0.2) is 24.3 Å². The number of Topliss-reactive ketones (excluding diaryl/α,β-unsaturated/α-hetero) is 1. The van der Waals surface area contributed by atoms with E-state index in [1.165, 1.54) is 0 Å². The van der Waals surface area contributed by atoms with Crippen LogP contribution < -0.4 is 4.74 Å². The SMILES string of the molecule is COc1cccc(C(=O)C(Br)CBr)c1. The largest absolute Gasteiger partial charge is 0.497 e. The van der Waals surface area contributed by atoms with E-state index in [9.17, 15) is 4.79 Å². The molecule has 14 heavy (non-hydrogen) atoms. The number of rotatable bonds is 4. The van der Waals surface area contributed by atoms with Gasteiger partial charge in [-0.15, -0.1) is 0 Å². The summed E-state index contributed by atoms with van der Waals surface area (Å²) in [6, 6.07) is 7.13. The molecule has 76 valence electrons. The third-order valence-electron chi connectivity index (χ3n) is 1.77. The molecule has 0 aliphatic heterocycles. The molecule has 0 fully saturated rings. The molecule has 0 saturated heterocycles. The Labute approximate surface area is 99.9 Å². The summed E-state index contributed by atoms with van der Waals surface area (Å²) in [5.41, 5.74) is 0.658. The van der Waals surface area contributed by atoms with Crippen molar-refractivity contribution in [3.63, 3.8) is 0 Å². The fraction of sp³-hybridized carbons (Fsp3) is 0.300.